The highest BCUT2D eigenvalue weighted by Gasteiger charge is 2.12. The summed E-state index contributed by atoms with van der Waals surface area (Å²) in [6, 6.07) is 19.9. The molecule has 7 heteroatoms. The minimum absolute atomic E-state index is 0.128. The van der Waals surface area contributed by atoms with Gasteiger partial charge in [-0.2, -0.15) is 0 Å². The molecule has 0 aliphatic carbocycles. The summed E-state index contributed by atoms with van der Waals surface area (Å²) in [7, 11) is 0. The Kier molecular flexibility index (Phi) is 6.40. The zero-order valence-corrected chi connectivity index (χ0v) is 18.8. The summed E-state index contributed by atoms with van der Waals surface area (Å²) in [5.41, 5.74) is 2.70. The van der Waals surface area contributed by atoms with E-state index in [0.29, 0.717) is 46.2 Å². The van der Waals surface area contributed by atoms with Crippen LogP contribution in [0.1, 0.15) is 18.3 Å². The number of carbonyl (C=O) groups excluding carboxylic acids is 1. The molecular formula is C26H25N3O4. The lowest BCUT2D eigenvalue weighted by molar-refractivity contribution is -0.118. The highest BCUT2D eigenvalue weighted by atomic mass is 16.5. The van der Waals surface area contributed by atoms with E-state index in [0.717, 1.165) is 5.56 Å². The molecule has 168 valence electrons. The molecule has 0 bridgehead atoms. The van der Waals surface area contributed by atoms with Crippen LogP contribution in [0.4, 0.5) is 5.69 Å². The Morgan fingerprint density at radius 3 is 2.48 bits per heavy atom. The molecule has 0 saturated heterocycles. The Balaban J connectivity index is 1.49. The lowest BCUT2D eigenvalue weighted by Gasteiger charge is -2.14. The lowest BCUT2D eigenvalue weighted by Crippen LogP contribution is -2.23. The van der Waals surface area contributed by atoms with Crippen molar-refractivity contribution in [3.63, 3.8) is 0 Å². The number of hydrogen-bond donors (Lipinski definition) is 1. The molecule has 0 atom stereocenters. The molecule has 0 radical (unpaired) electrons. The Morgan fingerprint density at radius 1 is 0.970 bits per heavy atom. The molecular weight excluding hydrogens is 418 g/mol. The van der Waals surface area contributed by atoms with Crippen LogP contribution in [0, 0.1) is 13.8 Å². The molecule has 0 aliphatic heterocycles. The van der Waals surface area contributed by atoms with Crippen LogP contribution < -0.4 is 20.3 Å². The lowest BCUT2D eigenvalue weighted by atomic mass is 10.1. The second kappa shape index (κ2) is 9.56. The van der Waals surface area contributed by atoms with Crippen LogP contribution in [0.25, 0.3) is 16.6 Å². The number of fused-ring (bicyclic) bond motifs is 1. The van der Waals surface area contributed by atoms with Gasteiger partial charge in [0.1, 0.15) is 17.3 Å². The molecule has 7 nitrogen and oxygen atoms in total. The highest BCUT2D eigenvalue weighted by molar-refractivity contribution is 5.92. The third-order valence-electron chi connectivity index (χ3n) is 5.17. The monoisotopic (exact) mass is 443 g/mol. The zero-order valence-electron chi connectivity index (χ0n) is 18.8. The molecule has 1 N–H and O–H groups in total. The first-order chi connectivity index (χ1) is 16.0. The van der Waals surface area contributed by atoms with E-state index >= 15 is 0 Å². The third kappa shape index (κ3) is 4.87. The summed E-state index contributed by atoms with van der Waals surface area (Å²) in [5, 5.41) is 3.42. The van der Waals surface area contributed by atoms with Crippen molar-refractivity contribution in [3.05, 3.63) is 88.5 Å². The summed E-state index contributed by atoms with van der Waals surface area (Å²) < 4.78 is 12.6. The highest BCUT2D eigenvalue weighted by Crippen LogP contribution is 2.21. The van der Waals surface area contributed by atoms with Gasteiger partial charge < -0.3 is 14.8 Å². The topological polar surface area (TPSA) is 82.4 Å². The number of para-hydroxylation sites is 1. The quantitative estimate of drug-likeness (QED) is 0.457. The number of hydrogen-bond acceptors (Lipinski definition) is 5. The average molecular weight is 444 g/mol. The number of nitrogens with one attached hydrogen (secondary N) is 1. The molecule has 0 saturated carbocycles. The number of aryl methyl sites for hydroxylation is 2. The van der Waals surface area contributed by atoms with Gasteiger partial charge in [0, 0.05) is 11.8 Å². The number of ether oxygens (including phenoxy) is 2. The molecule has 1 amide bonds. The largest absolute Gasteiger partial charge is 0.494 e. The van der Waals surface area contributed by atoms with Crippen molar-refractivity contribution < 1.29 is 14.3 Å². The van der Waals surface area contributed by atoms with Gasteiger partial charge in [-0.1, -0.05) is 18.2 Å². The predicted molar refractivity (Wildman–Crippen MR) is 129 cm³/mol. The van der Waals surface area contributed by atoms with E-state index in [1.165, 1.54) is 0 Å². The summed E-state index contributed by atoms with van der Waals surface area (Å²) in [6.45, 7) is 6.00. The standard InChI is InChI=1S/C26H25N3O4/c1-4-32-20-8-7-9-21(15-20)33-16-25(30)28-23-13-12-19(14-17(23)2)29-18(3)27-24-11-6-5-10-22(24)26(29)31/h5-15H,4,16H2,1-3H3,(H,28,30). The Hall–Kier alpha value is -4.13. The smallest absolute Gasteiger partial charge is 0.265 e. The van der Waals surface area contributed by atoms with Crippen molar-refractivity contribution in [1.82, 2.24) is 9.55 Å². The second-order valence-corrected chi connectivity index (χ2v) is 7.56. The van der Waals surface area contributed by atoms with E-state index in [2.05, 4.69) is 10.3 Å². The number of aromatic nitrogens is 2. The zero-order chi connectivity index (χ0) is 23.4. The number of amides is 1. The van der Waals surface area contributed by atoms with Crippen LogP contribution in [-0.2, 0) is 4.79 Å². The van der Waals surface area contributed by atoms with Crippen molar-refractivity contribution in [2.24, 2.45) is 0 Å². The van der Waals surface area contributed by atoms with Crippen LogP contribution in [-0.4, -0.2) is 28.7 Å². The van der Waals surface area contributed by atoms with Crippen molar-refractivity contribution in [2.75, 3.05) is 18.5 Å². The van der Waals surface area contributed by atoms with Gasteiger partial charge in [0.2, 0.25) is 0 Å². The van der Waals surface area contributed by atoms with Crippen LogP contribution in [0.5, 0.6) is 11.5 Å². The van der Waals surface area contributed by atoms with Crippen LogP contribution in [0.3, 0.4) is 0 Å². The number of carbonyl (C=O) groups is 1. The first kappa shape index (κ1) is 22.1. The second-order valence-electron chi connectivity index (χ2n) is 7.56. The Labute approximate surface area is 191 Å². The van der Waals surface area contributed by atoms with Gasteiger partial charge >= 0.3 is 0 Å². The SMILES string of the molecule is CCOc1cccc(OCC(=O)Nc2ccc(-n3c(C)nc4ccccc4c3=O)cc2C)c1. The van der Waals surface area contributed by atoms with E-state index in [9.17, 15) is 9.59 Å². The van der Waals surface area contributed by atoms with Crippen molar-refractivity contribution in [3.8, 4) is 17.2 Å². The maximum absolute atomic E-state index is 13.0. The van der Waals surface area contributed by atoms with E-state index < -0.39 is 0 Å². The van der Waals surface area contributed by atoms with Crippen LogP contribution in [0.2, 0.25) is 0 Å². The van der Waals surface area contributed by atoms with Gasteiger partial charge in [0.15, 0.2) is 6.61 Å². The van der Waals surface area contributed by atoms with Gasteiger partial charge in [-0.3, -0.25) is 14.2 Å². The maximum atomic E-state index is 13.0. The third-order valence-corrected chi connectivity index (χ3v) is 5.17. The first-order valence-electron chi connectivity index (χ1n) is 10.7. The molecule has 0 spiro atoms. The number of nitrogens with zero attached hydrogens (tertiary/aromatic N) is 2. The number of benzene rings is 3. The normalized spacial score (nSPS) is 10.8. The summed E-state index contributed by atoms with van der Waals surface area (Å²) in [5.74, 6) is 1.56. The number of rotatable bonds is 7. The van der Waals surface area contributed by atoms with E-state index in [-0.39, 0.29) is 18.1 Å². The fraction of sp³-hybridized carbons (Fsp3) is 0.192. The molecule has 4 aromatic rings. The molecule has 1 aromatic heterocycles. The van der Waals surface area contributed by atoms with Crippen molar-refractivity contribution >= 4 is 22.5 Å². The molecule has 0 aliphatic rings. The molecule has 33 heavy (non-hydrogen) atoms. The molecule has 0 fully saturated rings. The van der Waals surface area contributed by atoms with E-state index in [1.807, 2.05) is 50.2 Å². The van der Waals surface area contributed by atoms with Crippen molar-refractivity contribution in [2.45, 2.75) is 20.8 Å². The molecule has 0 unspecified atom stereocenters. The Bertz CT molecular complexity index is 1380. The van der Waals surface area contributed by atoms with Crippen LogP contribution in [0.15, 0.2) is 71.5 Å². The van der Waals surface area contributed by atoms with Gasteiger partial charge in [0.25, 0.3) is 11.5 Å². The van der Waals surface area contributed by atoms with Gasteiger partial charge in [0.05, 0.1) is 23.2 Å². The average Bonchev–Trinajstić information content (AvgIpc) is 2.80. The fourth-order valence-electron chi connectivity index (χ4n) is 3.63. The fourth-order valence-corrected chi connectivity index (χ4v) is 3.63. The summed E-state index contributed by atoms with van der Waals surface area (Å²) in [4.78, 5) is 30.0. The molecule has 1 heterocycles. The predicted octanol–water partition coefficient (Wildman–Crippen LogP) is 4.42. The molecule has 3 aromatic carbocycles. The molecule has 4 rings (SSSR count). The first-order valence-corrected chi connectivity index (χ1v) is 10.7. The van der Waals surface area contributed by atoms with Gasteiger partial charge in [-0.25, -0.2) is 4.98 Å². The summed E-state index contributed by atoms with van der Waals surface area (Å²) >= 11 is 0. The summed E-state index contributed by atoms with van der Waals surface area (Å²) in [6.07, 6.45) is 0. The minimum atomic E-state index is -0.284. The van der Waals surface area contributed by atoms with Gasteiger partial charge in [-0.15, -0.1) is 0 Å². The Morgan fingerprint density at radius 2 is 1.73 bits per heavy atom. The van der Waals surface area contributed by atoms with Crippen LogP contribution >= 0.6 is 0 Å². The van der Waals surface area contributed by atoms with E-state index in [1.54, 1.807) is 41.8 Å². The maximum Gasteiger partial charge on any atom is 0.265 e. The van der Waals surface area contributed by atoms with Gasteiger partial charge in [-0.05, 0) is 68.8 Å². The minimum Gasteiger partial charge on any atom is -0.494 e. The number of anilines is 1. The van der Waals surface area contributed by atoms with E-state index in [4.69, 9.17) is 9.47 Å². The van der Waals surface area contributed by atoms with Crippen molar-refractivity contribution in [1.29, 1.82) is 0 Å².